The predicted molar refractivity (Wildman–Crippen MR) is 136 cm³/mol. The molecule has 3 heterocycles. The van der Waals surface area contributed by atoms with Gasteiger partial charge in [0.05, 0.1) is 12.6 Å². The smallest absolute Gasteiger partial charge is 0.244 e. The summed E-state index contributed by atoms with van der Waals surface area (Å²) in [4.78, 5) is 28.6. The molecule has 0 radical (unpaired) electrons. The molecule has 3 fully saturated rings. The summed E-state index contributed by atoms with van der Waals surface area (Å²) < 4.78 is 5.80. The average molecular weight is 497 g/mol. The van der Waals surface area contributed by atoms with Crippen molar-refractivity contribution in [3.63, 3.8) is 0 Å². The quantitative estimate of drug-likeness (QED) is 0.602. The Morgan fingerprint density at radius 3 is 2.69 bits per heavy atom. The first kappa shape index (κ1) is 24.3. The minimum absolute atomic E-state index is 0.167. The molecule has 8 heteroatoms. The number of hydrogen-bond acceptors (Lipinski definition) is 5. The maximum atomic E-state index is 13.4. The van der Waals surface area contributed by atoms with Gasteiger partial charge in [0.1, 0.15) is 12.1 Å². The number of halogens is 1. The number of ether oxygens (including phenoxy) is 1. The second kappa shape index (κ2) is 9.90. The lowest BCUT2D eigenvalue weighted by atomic mass is 9.75. The standard InChI is InChI=1S/C27H33ClN4O3/c1-15-4-9-20(31-26(33)24-25(35-14-30-24)17-5-7-19(28)8-6-17)12-21(15)22-11-18-13-29-16(2)10-23(18)32(3)27(22)34/h4-9,12,16,18,22-25,29-30H,10-11,13-14H2,1-3H3,(H,31,33). The van der Waals surface area contributed by atoms with Crippen molar-refractivity contribution in [2.75, 3.05) is 25.6 Å². The third kappa shape index (κ3) is 4.83. The Balaban J connectivity index is 1.33. The Morgan fingerprint density at radius 1 is 1.14 bits per heavy atom. The van der Waals surface area contributed by atoms with Crippen molar-refractivity contribution in [1.29, 1.82) is 0 Å². The zero-order valence-electron chi connectivity index (χ0n) is 20.4. The van der Waals surface area contributed by atoms with Gasteiger partial charge in [-0.1, -0.05) is 29.8 Å². The second-order valence-corrected chi connectivity index (χ2v) is 10.6. The van der Waals surface area contributed by atoms with Gasteiger partial charge in [-0.15, -0.1) is 0 Å². The molecule has 0 saturated carbocycles. The van der Waals surface area contributed by atoms with E-state index in [1.807, 2.05) is 49.2 Å². The largest absolute Gasteiger partial charge is 0.356 e. The van der Waals surface area contributed by atoms with Crippen LogP contribution in [0.25, 0.3) is 0 Å². The molecule has 2 aromatic rings. The van der Waals surface area contributed by atoms with Crippen LogP contribution in [0.1, 0.15) is 48.5 Å². The number of aryl methyl sites for hydroxylation is 1. The lowest BCUT2D eigenvalue weighted by Crippen LogP contribution is -2.57. The molecular weight excluding hydrogens is 464 g/mol. The van der Waals surface area contributed by atoms with Crippen molar-refractivity contribution in [2.45, 2.75) is 56.8 Å². The Bertz CT molecular complexity index is 1110. The Morgan fingerprint density at radius 2 is 1.91 bits per heavy atom. The fourth-order valence-corrected chi connectivity index (χ4v) is 5.96. The highest BCUT2D eigenvalue weighted by molar-refractivity contribution is 6.30. The molecule has 3 saturated heterocycles. The van der Waals surface area contributed by atoms with Crippen LogP contribution >= 0.6 is 11.6 Å². The van der Waals surface area contributed by atoms with E-state index in [4.69, 9.17) is 16.3 Å². The van der Waals surface area contributed by atoms with Crippen molar-refractivity contribution in [3.05, 3.63) is 64.2 Å². The van der Waals surface area contributed by atoms with E-state index in [-0.39, 0.29) is 23.8 Å². The Hall–Kier alpha value is -2.45. The number of amides is 2. The summed E-state index contributed by atoms with van der Waals surface area (Å²) in [6.07, 6.45) is 1.41. The second-order valence-electron chi connectivity index (χ2n) is 10.1. The minimum atomic E-state index is -0.528. The van der Waals surface area contributed by atoms with Gasteiger partial charge in [-0.05, 0) is 73.6 Å². The first-order chi connectivity index (χ1) is 16.8. The number of likely N-dealkylation sites (N-methyl/N-ethyl adjacent to an activating group) is 1. The zero-order valence-corrected chi connectivity index (χ0v) is 21.1. The van der Waals surface area contributed by atoms with Crippen molar-refractivity contribution >= 4 is 29.1 Å². The van der Waals surface area contributed by atoms with E-state index in [2.05, 4.69) is 22.9 Å². The first-order valence-corrected chi connectivity index (χ1v) is 12.7. The predicted octanol–water partition coefficient (Wildman–Crippen LogP) is 3.59. The molecular formula is C27H33ClN4O3. The van der Waals surface area contributed by atoms with E-state index >= 15 is 0 Å². The number of piperidine rings is 2. The van der Waals surface area contributed by atoms with Gasteiger partial charge in [0.15, 0.2) is 0 Å². The number of likely N-dealkylation sites (tertiary alicyclic amines) is 1. The topological polar surface area (TPSA) is 82.7 Å². The van der Waals surface area contributed by atoms with Gasteiger partial charge >= 0.3 is 0 Å². The fraction of sp³-hybridized carbons (Fsp3) is 0.481. The molecule has 6 atom stereocenters. The first-order valence-electron chi connectivity index (χ1n) is 12.3. The molecule has 0 aromatic heterocycles. The van der Waals surface area contributed by atoms with Crippen LogP contribution in [0.4, 0.5) is 5.69 Å². The molecule has 0 spiro atoms. The summed E-state index contributed by atoms with van der Waals surface area (Å²) in [7, 11) is 1.94. The molecule has 186 valence electrons. The van der Waals surface area contributed by atoms with E-state index in [1.54, 1.807) is 12.1 Å². The van der Waals surface area contributed by atoms with Crippen LogP contribution in [-0.4, -0.2) is 55.2 Å². The number of anilines is 1. The van der Waals surface area contributed by atoms with Gasteiger partial charge in [-0.2, -0.15) is 0 Å². The molecule has 3 aliphatic rings. The third-order valence-electron chi connectivity index (χ3n) is 7.82. The fourth-order valence-electron chi connectivity index (χ4n) is 5.83. The molecule has 35 heavy (non-hydrogen) atoms. The molecule has 6 unspecified atom stereocenters. The molecule has 7 nitrogen and oxygen atoms in total. The van der Waals surface area contributed by atoms with Crippen LogP contribution in [0, 0.1) is 12.8 Å². The molecule has 3 N–H and O–H groups in total. The summed E-state index contributed by atoms with van der Waals surface area (Å²) in [6, 6.07) is 13.4. The molecule has 3 aliphatic heterocycles. The van der Waals surface area contributed by atoms with Crippen LogP contribution in [0.3, 0.4) is 0 Å². The summed E-state index contributed by atoms with van der Waals surface area (Å²) in [5, 5.41) is 10.4. The van der Waals surface area contributed by atoms with E-state index < -0.39 is 12.1 Å². The van der Waals surface area contributed by atoms with Gasteiger partial charge in [0.2, 0.25) is 11.8 Å². The SMILES string of the molecule is Cc1ccc(NC(=O)C2NCOC2c2ccc(Cl)cc2)cc1C1CC2CNC(C)CC2N(C)C1=O. The normalized spacial score (nSPS) is 30.7. The van der Waals surface area contributed by atoms with Crippen LogP contribution in [-0.2, 0) is 14.3 Å². The lowest BCUT2D eigenvalue weighted by Gasteiger charge is -2.47. The van der Waals surface area contributed by atoms with Crippen LogP contribution in [0.2, 0.25) is 5.02 Å². The highest BCUT2D eigenvalue weighted by Gasteiger charge is 2.43. The van der Waals surface area contributed by atoms with Crippen molar-refractivity contribution in [2.24, 2.45) is 5.92 Å². The van der Waals surface area contributed by atoms with Gasteiger partial charge in [0, 0.05) is 36.4 Å². The van der Waals surface area contributed by atoms with E-state index in [1.165, 1.54) is 0 Å². The number of benzene rings is 2. The summed E-state index contributed by atoms with van der Waals surface area (Å²) in [5.41, 5.74) is 3.63. The van der Waals surface area contributed by atoms with Crippen molar-refractivity contribution in [3.8, 4) is 0 Å². The van der Waals surface area contributed by atoms with E-state index in [0.29, 0.717) is 29.4 Å². The zero-order chi connectivity index (χ0) is 24.7. The van der Waals surface area contributed by atoms with Crippen molar-refractivity contribution < 1.29 is 14.3 Å². The number of fused-ring (bicyclic) bond motifs is 1. The maximum absolute atomic E-state index is 13.4. The van der Waals surface area contributed by atoms with Gasteiger partial charge < -0.3 is 20.3 Å². The number of carbonyl (C=O) groups excluding carboxylic acids is 2. The van der Waals surface area contributed by atoms with Crippen LogP contribution < -0.4 is 16.0 Å². The number of hydrogen-bond donors (Lipinski definition) is 3. The highest BCUT2D eigenvalue weighted by atomic mass is 35.5. The molecule has 2 amide bonds. The summed E-state index contributed by atoms with van der Waals surface area (Å²) >= 11 is 6.01. The maximum Gasteiger partial charge on any atom is 0.244 e. The Labute approximate surface area is 211 Å². The molecule has 0 aliphatic carbocycles. The number of nitrogens with zero attached hydrogens (tertiary/aromatic N) is 1. The Kier molecular flexibility index (Phi) is 6.86. The number of carbonyl (C=O) groups is 2. The van der Waals surface area contributed by atoms with Gasteiger partial charge in [0.25, 0.3) is 0 Å². The molecule has 0 bridgehead atoms. The van der Waals surface area contributed by atoms with Gasteiger partial charge in [-0.3, -0.25) is 14.9 Å². The summed E-state index contributed by atoms with van der Waals surface area (Å²) in [6.45, 7) is 5.43. The average Bonchev–Trinajstić information content (AvgIpc) is 3.34. The van der Waals surface area contributed by atoms with E-state index in [9.17, 15) is 9.59 Å². The summed E-state index contributed by atoms with van der Waals surface area (Å²) in [5.74, 6) is 0.218. The molecule has 2 aromatic carbocycles. The molecule has 5 rings (SSSR count). The van der Waals surface area contributed by atoms with Gasteiger partial charge in [-0.25, -0.2) is 0 Å². The van der Waals surface area contributed by atoms with Crippen LogP contribution in [0.5, 0.6) is 0 Å². The number of rotatable bonds is 4. The third-order valence-corrected chi connectivity index (χ3v) is 8.07. The lowest BCUT2D eigenvalue weighted by molar-refractivity contribution is -0.140. The van der Waals surface area contributed by atoms with Crippen molar-refractivity contribution in [1.82, 2.24) is 15.5 Å². The minimum Gasteiger partial charge on any atom is -0.356 e. The number of nitrogens with one attached hydrogen (secondary N) is 3. The van der Waals surface area contributed by atoms with E-state index in [0.717, 1.165) is 36.1 Å². The van der Waals surface area contributed by atoms with Crippen LogP contribution in [0.15, 0.2) is 42.5 Å². The monoisotopic (exact) mass is 496 g/mol. The highest BCUT2D eigenvalue weighted by Crippen LogP contribution is 2.39.